The van der Waals surface area contributed by atoms with Crippen LogP contribution in [0.3, 0.4) is 0 Å². The van der Waals surface area contributed by atoms with Gasteiger partial charge in [0.15, 0.2) is 0 Å². The van der Waals surface area contributed by atoms with Gasteiger partial charge in [0.05, 0.1) is 19.3 Å². The van der Waals surface area contributed by atoms with Crippen LogP contribution in [-0.4, -0.2) is 33.7 Å². The molecule has 24 heavy (non-hydrogen) atoms. The molecule has 0 fully saturated rings. The quantitative estimate of drug-likeness (QED) is 0.826. The minimum absolute atomic E-state index is 0.0453. The first-order chi connectivity index (χ1) is 11.5. The van der Waals surface area contributed by atoms with Crippen molar-refractivity contribution >= 4 is 40.8 Å². The maximum atomic E-state index is 12.4. The Balaban J connectivity index is 1.85. The molecule has 0 aliphatic carbocycles. The van der Waals surface area contributed by atoms with E-state index >= 15 is 0 Å². The average molecular weight is 348 g/mol. The van der Waals surface area contributed by atoms with E-state index in [-0.39, 0.29) is 17.7 Å². The largest absolute Gasteiger partial charge is 0.497 e. The highest BCUT2D eigenvalue weighted by Gasteiger charge is 2.22. The van der Waals surface area contributed by atoms with E-state index in [1.165, 1.54) is 11.8 Å². The van der Waals surface area contributed by atoms with Crippen molar-refractivity contribution in [1.82, 2.24) is 14.8 Å². The second-order valence-electron chi connectivity index (χ2n) is 5.05. The van der Waals surface area contributed by atoms with Crippen molar-refractivity contribution in [3.8, 4) is 0 Å². The van der Waals surface area contributed by atoms with Crippen molar-refractivity contribution in [2.45, 2.75) is 13.0 Å². The highest BCUT2D eigenvalue weighted by atomic mass is 35.5. The van der Waals surface area contributed by atoms with Crippen molar-refractivity contribution in [3.63, 3.8) is 0 Å². The fourth-order valence-electron chi connectivity index (χ4n) is 2.23. The predicted octanol–water partition coefficient (Wildman–Crippen LogP) is 2.14. The number of aromatic nitrogens is 3. The van der Waals surface area contributed by atoms with Crippen LogP contribution in [0.5, 0.6) is 0 Å². The second kappa shape index (κ2) is 6.32. The third kappa shape index (κ3) is 3.09. The second-order valence-corrected chi connectivity index (χ2v) is 5.49. The van der Waals surface area contributed by atoms with E-state index in [1.807, 2.05) is 0 Å². The van der Waals surface area contributed by atoms with Crippen LogP contribution in [0.2, 0.25) is 5.02 Å². The summed E-state index contributed by atoms with van der Waals surface area (Å²) in [7, 11) is 1.47. The van der Waals surface area contributed by atoms with Crippen LogP contribution in [0.25, 0.3) is 5.76 Å². The number of benzene rings is 1. The Bertz CT molecular complexity index is 846. The van der Waals surface area contributed by atoms with Gasteiger partial charge in [0.25, 0.3) is 5.91 Å². The normalized spacial score (nSPS) is 13.0. The van der Waals surface area contributed by atoms with Crippen molar-refractivity contribution in [2.75, 3.05) is 17.7 Å². The molecule has 0 saturated heterocycles. The SMILES string of the molecule is C=C(OC)c1cc(Cl)ccc1NC(=O)c1nc2n(n1)CCC(=O)N2. The smallest absolute Gasteiger partial charge is 0.295 e. The molecule has 0 atom stereocenters. The lowest BCUT2D eigenvalue weighted by molar-refractivity contribution is -0.117. The standard InChI is InChI=1S/C15H14ClN5O3/c1-8(24-2)10-7-9(16)3-4-11(10)17-14(23)13-19-15-18-12(22)5-6-21(15)20-13/h3-4,7H,1,5-6H2,2H3,(H,17,23)(H,18,19,20,22). The third-order valence-corrected chi connectivity index (χ3v) is 3.69. The number of carbonyl (C=O) groups excluding carboxylic acids is 2. The molecule has 0 unspecified atom stereocenters. The van der Waals surface area contributed by atoms with Crippen molar-refractivity contribution in [2.24, 2.45) is 0 Å². The molecule has 0 saturated carbocycles. The molecule has 1 aliphatic heterocycles. The van der Waals surface area contributed by atoms with Crippen LogP contribution in [0, 0.1) is 0 Å². The Labute approximate surface area is 142 Å². The van der Waals surface area contributed by atoms with Crippen molar-refractivity contribution in [3.05, 3.63) is 41.2 Å². The van der Waals surface area contributed by atoms with E-state index < -0.39 is 5.91 Å². The molecule has 1 aliphatic rings. The van der Waals surface area contributed by atoms with E-state index in [0.29, 0.717) is 35.0 Å². The van der Waals surface area contributed by atoms with Crippen LogP contribution in [0.1, 0.15) is 22.6 Å². The highest BCUT2D eigenvalue weighted by molar-refractivity contribution is 6.31. The van der Waals surface area contributed by atoms with Gasteiger partial charge in [0.2, 0.25) is 17.7 Å². The lowest BCUT2D eigenvalue weighted by Crippen LogP contribution is -2.23. The van der Waals surface area contributed by atoms with Gasteiger partial charge in [-0.2, -0.15) is 4.98 Å². The first-order valence-corrected chi connectivity index (χ1v) is 7.44. The molecule has 1 aromatic carbocycles. The molecule has 0 radical (unpaired) electrons. The number of amides is 2. The van der Waals surface area contributed by atoms with Gasteiger partial charge in [-0.25, -0.2) is 4.68 Å². The minimum Gasteiger partial charge on any atom is -0.497 e. The summed E-state index contributed by atoms with van der Waals surface area (Å²) >= 11 is 5.98. The van der Waals surface area contributed by atoms with E-state index in [9.17, 15) is 9.59 Å². The summed E-state index contributed by atoms with van der Waals surface area (Å²) < 4.78 is 6.59. The van der Waals surface area contributed by atoms with Gasteiger partial charge in [0, 0.05) is 17.0 Å². The van der Waals surface area contributed by atoms with E-state index in [2.05, 4.69) is 27.3 Å². The molecule has 8 nitrogen and oxygen atoms in total. The number of rotatable bonds is 4. The molecule has 3 rings (SSSR count). The topological polar surface area (TPSA) is 98.1 Å². The number of methoxy groups -OCH3 is 1. The Kier molecular flexibility index (Phi) is 4.22. The lowest BCUT2D eigenvalue weighted by Gasteiger charge is -2.12. The summed E-state index contributed by atoms with van der Waals surface area (Å²) in [5, 5.41) is 9.84. The average Bonchev–Trinajstić information content (AvgIpc) is 2.98. The maximum absolute atomic E-state index is 12.4. The molecule has 9 heteroatoms. The predicted molar refractivity (Wildman–Crippen MR) is 88.7 cm³/mol. The van der Waals surface area contributed by atoms with Crippen molar-refractivity contribution < 1.29 is 14.3 Å². The zero-order valence-electron chi connectivity index (χ0n) is 12.8. The maximum Gasteiger partial charge on any atom is 0.295 e. The first kappa shape index (κ1) is 16.0. The van der Waals surface area contributed by atoms with Gasteiger partial charge in [-0.3, -0.25) is 14.9 Å². The zero-order valence-corrected chi connectivity index (χ0v) is 13.6. The molecule has 2 aromatic rings. The molecule has 0 bridgehead atoms. The number of carbonyl (C=O) groups is 2. The molecular formula is C15H14ClN5O3. The first-order valence-electron chi connectivity index (χ1n) is 7.07. The van der Waals surface area contributed by atoms with Gasteiger partial charge in [-0.1, -0.05) is 18.2 Å². The molecule has 2 heterocycles. The number of anilines is 2. The van der Waals surface area contributed by atoms with E-state index in [0.717, 1.165) is 0 Å². The van der Waals surface area contributed by atoms with Crippen LogP contribution in [-0.2, 0) is 16.1 Å². The molecule has 0 spiro atoms. The number of ether oxygens (including phenoxy) is 1. The van der Waals surface area contributed by atoms with E-state index in [1.54, 1.807) is 18.2 Å². The number of nitrogens with zero attached hydrogens (tertiary/aromatic N) is 3. The Morgan fingerprint density at radius 1 is 1.50 bits per heavy atom. The molecule has 124 valence electrons. The Morgan fingerprint density at radius 2 is 2.29 bits per heavy atom. The summed E-state index contributed by atoms with van der Waals surface area (Å²) in [5.74, 6) is -0.0980. The van der Waals surface area contributed by atoms with Gasteiger partial charge in [-0.15, -0.1) is 5.10 Å². The summed E-state index contributed by atoms with van der Waals surface area (Å²) in [6, 6.07) is 4.90. The van der Waals surface area contributed by atoms with Crippen LogP contribution in [0.15, 0.2) is 24.8 Å². The lowest BCUT2D eigenvalue weighted by atomic mass is 10.1. The molecular weight excluding hydrogens is 334 g/mol. The summed E-state index contributed by atoms with van der Waals surface area (Å²) in [6.45, 7) is 4.15. The van der Waals surface area contributed by atoms with Crippen LogP contribution in [0.4, 0.5) is 11.6 Å². The zero-order chi connectivity index (χ0) is 17.3. The Morgan fingerprint density at radius 3 is 3.04 bits per heavy atom. The fourth-order valence-corrected chi connectivity index (χ4v) is 2.40. The minimum atomic E-state index is -0.515. The number of hydrogen-bond acceptors (Lipinski definition) is 5. The number of fused-ring (bicyclic) bond motifs is 1. The van der Waals surface area contributed by atoms with Crippen LogP contribution >= 0.6 is 11.6 Å². The third-order valence-electron chi connectivity index (χ3n) is 3.45. The summed E-state index contributed by atoms with van der Waals surface area (Å²) in [6.07, 6.45) is 0.298. The molecule has 1 aromatic heterocycles. The summed E-state index contributed by atoms with van der Waals surface area (Å²) in [5.41, 5.74) is 1.02. The Hall–Kier alpha value is -2.87. The van der Waals surface area contributed by atoms with Gasteiger partial charge >= 0.3 is 0 Å². The van der Waals surface area contributed by atoms with E-state index in [4.69, 9.17) is 16.3 Å². The highest BCUT2D eigenvalue weighted by Crippen LogP contribution is 2.27. The van der Waals surface area contributed by atoms with Crippen LogP contribution < -0.4 is 10.6 Å². The fraction of sp³-hybridized carbons (Fsp3) is 0.200. The van der Waals surface area contributed by atoms with Gasteiger partial charge in [-0.05, 0) is 18.2 Å². The monoisotopic (exact) mass is 347 g/mol. The van der Waals surface area contributed by atoms with Gasteiger partial charge in [0.1, 0.15) is 5.76 Å². The number of halogens is 1. The van der Waals surface area contributed by atoms with Gasteiger partial charge < -0.3 is 10.1 Å². The number of hydrogen-bond donors (Lipinski definition) is 2. The number of nitrogens with one attached hydrogen (secondary N) is 2. The molecule has 2 N–H and O–H groups in total. The van der Waals surface area contributed by atoms with Crippen molar-refractivity contribution in [1.29, 1.82) is 0 Å². The summed E-state index contributed by atoms with van der Waals surface area (Å²) in [4.78, 5) is 27.8. The number of aryl methyl sites for hydroxylation is 1. The molecule has 2 amide bonds.